The molecule has 0 aliphatic carbocycles. The highest BCUT2D eigenvalue weighted by Gasteiger charge is 2.25. The molecule has 0 aromatic carbocycles. The summed E-state index contributed by atoms with van der Waals surface area (Å²) in [5.41, 5.74) is 1.20. The number of aliphatic hydroxyl groups excluding tert-OH is 1. The minimum atomic E-state index is 0.0133. The summed E-state index contributed by atoms with van der Waals surface area (Å²) in [5, 5.41) is 16.2. The molecule has 0 radical (unpaired) electrons. The molecule has 21 heavy (non-hydrogen) atoms. The lowest BCUT2D eigenvalue weighted by Gasteiger charge is -2.35. The van der Waals surface area contributed by atoms with Gasteiger partial charge in [0, 0.05) is 39.0 Å². The quantitative estimate of drug-likeness (QED) is 0.777. The molecule has 118 valence electrons. The van der Waals surface area contributed by atoms with Crippen LogP contribution in [0.3, 0.4) is 0 Å². The van der Waals surface area contributed by atoms with Gasteiger partial charge < -0.3 is 15.3 Å². The number of carbonyl (C=O) groups is 1. The summed E-state index contributed by atoms with van der Waals surface area (Å²) in [6.45, 7) is 1.63. The normalized spacial score (nSPS) is 18.8. The van der Waals surface area contributed by atoms with Crippen LogP contribution in [0.15, 0.2) is 12.4 Å². The predicted octanol–water partition coefficient (Wildman–Crippen LogP) is 1.30. The first-order valence-electron chi connectivity index (χ1n) is 7.83. The highest BCUT2D eigenvalue weighted by molar-refractivity contribution is 5.74. The average Bonchev–Trinajstić information content (AvgIpc) is 2.90. The minimum Gasteiger partial charge on any atom is -0.396 e. The maximum absolute atomic E-state index is 12.2. The van der Waals surface area contributed by atoms with Crippen LogP contribution in [0.2, 0.25) is 0 Å². The van der Waals surface area contributed by atoms with Crippen LogP contribution < -0.4 is 5.32 Å². The van der Waals surface area contributed by atoms with E-state index in [1.807, 2.05) is 24.3 Å². The van der Waals surface area contributed by atoms with Gasteiger partial charge in [-0.05, 0) is 44.1 Å². The number of hydrogen-bond acceptors (Lipinski definition) is 3. The number of nitrogens with one attached hydrogen (secondary N) is 1. The molecule has 1 unspecified atom stereocenters. The van der Waals surface area contributed by atoms with Crippen molar-refractivity contribution in [2.45, 2.75) is 44.6 Å². The zero-order chi connectivity index (χ0) is 15.1. The molecule has 6 nitrogen and oxygen atoms in total. The maximum atomic E-state index is 12.2. The van der Waals surface area contributed by atoms with Gasteiger partial charge in [-0.2, -0.15) is 5.10 Å². The van der Waals surface area contributed by atoms with Gasteiger partial charge in [0.15, 0.2) is 0 Å². The monoisotopic (exact) mass is 294 g/mol. The Labute approximate surface area is 126 Å². The Morgan fingerprint density at radius 1 is 1.52 bits per heavy atom. The lowest BCUT2D eigenvalue weighted by Crippen LogP contribution is -2.49. The Hall–Kier alpha value is -1.56. The maximum Gasteiger partial charge on any atom is 0.317 e. The van der Waals surface area contributed by atoms with Crippen molar-refractivity contribution in [2.75, 3.05) is 19.7 Å². The van der Waals surface area contributed by atoms with E-state index in [0.717, 1.165) is 38.6 Å². The SMILES string of the molecule is Cn1cc(CCCNC(=O)N2CCCCC2CCO)cn1. The summed E-state index contributed by atoms with van der Waals surface area (Å²) in [5.74, 6) is 0. The third kappa shape index (κ3) is 4.74. The van der Waals surface area contributed by atoms with Crippen LogP contribution >= 0.6 is 0 Å². The topological polar surface area (TPSA) is 70.4 Å². The van der Waals surface area contributed by atoms with Crippen molar-refractivity contribution in [3.63, 3.8) is 0 Å². The van der Waals surface area contributed by atoms with Crippen LogP contribution in [0.25, 0.3) is 0 Å². The zero-order valence-corrected chi connectivity index (χ0v) is 12.8. The molecule has 1 atom stereocenters. The Morgan fingerprint density at radius 3 is 3.10 bits per heavy atom. The van der Waals surface area contributed by atoms with Crippen molar-refractivity contribution >= 4 is 6.03 Å². The summed E-state index contributed by atoms with van der Waals surface area (Å²) in [4.78, 5) is 14.1. The molecule has 1 aliphatic rings. The standard InChI is InChI=1S/C15H26N4O2/c1-18-12-13(11-17-18)5-4-8-16-15(21)19-9-3-2-6-14(19)7-10-20/h11-12,14,20H,2-10H2,1H3,(H,16,21). The predicted molar refractivity (Wildman–Crippen MR) is 81.0 cm³/mol. The second-order valence-corrected chi connectivity index (χ2v) is 5.71. The zero-order valence-electron chi connectivity index (χ0n) is 12.8. The molecule has 0 spiro atoms. The summed E-state index contributed by atoms with van der Waals surface area (Å²) in [6, 6.07) is 0.210. The molecular formula is C15H26N4O2. The molecular weight excluding hydrogens is 268 g/mol. The van der Waals surface area contributed by atoms with Gasteiger partial charge >= 0.3 is 6.03 Å². The second-order valence-electron chi connectivity index (χ2n) is 5.71. The van der Waals surface area contributed by atoms with Crippen LogP contribution in [0.1, 0.15) is 37.7 Å². The molecule has 1 aliphatic heterocycles. The Balaban J connectivity index is 1.70. The van der Waals surface area contributed by atoms with E-state index in [-0.39, 0.29) is 18.7 Å². The molecule has 2 N–H and O–H groups in total. The lowest BCUT2D eigenvalue weighted by atomic mass is 10.0. The molecule has 1 aromatic rings. The lowest BCUT2D eigenvalue weighted by molar-refractivity contribution is 0.132. The molecule has 0 bridgehead atoms. The Kier molecular flexibility index (Phi) is 6.04. The number of likely N-dealkylation sites (tertiary alicyclic amines) is 1. The van der Waals surface area contributed by atoms with Crippen LogP contribution in [0, 0.1) is 0 Å². The first-order valence-corrected chi connectivity index (χ1v) is 7.83. The molecule has 2 heterocycles. The number of aryl methyl sites for hydroxylation is 2. The molecule has 1 aromatic heterocycles. The third-order valence-electron chi connectivity index (χ3n) is 4.03. The molecule has 6 heteroatoms. The third-order valence-corrected chi connectivity index (χ3v) is 4.03. The van der Waals surface area contributed by atoms with E-state index in [2.05, 4.69) is 10.4 Å². The number of carbonyl (C=O) groups excluding carboxylic acids is 1. The highest BCUT2D eigenvalue weighted by Crippen LogP contribution is 2.19. The summed E-state index contributed by atoms with van der Waals surface area (Å²) in [7, 11) is 1.91. The fraction of sp³-hybridized carbons (Fsp3) is 0.733. The first kappa shape index (κ1) is 15.8. The van der Waals surface area contributed by atoms with Gasteiger partial charge in [-0.1, -0.05) is 0 Å². The fourth-order valence-electron chi connectivity index (χ4n) is 2.91. The number of hydrogen-bond donors (Lipinski definition) is 2. The van der Waals surface area contributed by atoms with Crippen LogP contribution in [0.4, 0.5) is 4.79 Å². The number of urea groups is 1. The fourth-order valence-corrected chi connectivity index (χ4v) is 2.91. The van der Waals surface area contributed by atoms with E-state index < -0.39 is 0 Å². The van der Waals surface area contributed by atoms with Gasteiger partial charge in [0.05, 0.1) is 6.20 Å². The van der Waals surface area contributed by atoms with E-state index in [9.17, 15) is 4.79 Å². The Bertz CT molecular complexity index is 445. The van der Waals surface area contributed by atoms with E-state index in [0.29, 0.717) is 13.0 Å². The molecule has 2 rings (SSSR count). The van der Waals surface area contributed by atoms with Crippen LogP contribution in [-0.2, 0) is 13.5 Å². The molecule has 1 saturated heterocycles. The van der Waals surface area contributed by atoms with Gasteiger partial charge in [0.1, 0.15) is 0 Å². The number of piperidine rings is 1. The Morgan fingerprint density at radius 2 is 2.38 bits per heavy atom. The van der Waals surface area contributed by atoms with Crippen molar-refractivity contribution in [3.8, 4) is 0 Å². The van der Waals surface area contributed by atoms with Gasteiger partial charge in [-0.15, -0.1) is 0 Å². The van der Waals surface area contributed by atoms with Gasteiger partial charge in [-0.3, -0.25) is 4.68 Å². The first-order chi connectivity index (χ1) is 10.2. The number of nitrogens with zero attached hydrogens (tertiary/aromatic N) is 3. The summed E-state index contributed by atoms with van der Waals surface area (Å²) in [6.07, 6.45) is 9.60. The smallest absolute Gasteiger partial charge is 0.317 e. The van der Waals surface area contributed by atoms with Crippen molar-refractivity contribution in [1.29, 1.82) is 0 Å². The van der Waals surface area contributed by atoms with Crippen LogP contribution in [-0.4, -0.2) is 51.6 Å². The van der Waals surface area contributed by atoms with Crippen molar-refractivity contribution in [3.05, 3.63) is 18.0 Å². The van der Waals surface area contributed by atoms with Crippen molar-refractivity contribution < 1.29 is 9.90 Å². The van der Waals surface area contributed by atoms with Gasteiger partial charge in [0.25, 0.3) is 0 Å². The van der Waals surface area contributed by atoms with E-state index >= 15 is 0 Å². The minimum absolute atomic E-state index is 0.0133. The number of amides is 2. The van der Waals surface area contributed by atoms with E-state index in [1.54, 1.807) is 4.68 Å². The van der Waals surface area contributed by atoms with Crippen LogP contribution in [0.5, 0.6) is 0 Å². The molecule has 0 saturated carbocycles. The summed E-state index contributed by atoms with van der Waals surface area (Å²) >= 11 is 0. The van der Waals surface area contributed by atoms with Crippen molar-refractivity contribution in [1.82, 2.24) is 20.0 Å². The second kappa shape index (κ2) is 8.02. The van der Waals surface area contributed by atoms with E-state index in [1.165, 1.54) is 5.56 Å². The highest BCUT2D eigenvalue weighted by atomic mass is 16.3. The molecule has 1 fully saturated rings. The van der Waals surface area contributed by atoms with Gasteiger partial charge in [-0.25, -0.2) is 4.79 Å². The largest absolute Gasteiger partial charge is 0.396 e. The molecule has 2 amide bonds. The number of rotatable bonds is 6. The van der Waals surface area contributed by atoms with Crippen molar-refractivity contribution in [2.24, 2.45) is 7.05 Å². The average molecular weight is 294 g/mol. The summed E-state index contributed by atoms with van der Waals surface area (Å²) < 4.78 is 1.79. The van der Waals surface area contributed by atoms with Gasteiger partial charge in [0.2, 0.25) is 0 Å². The number of aliphatic hydroxyl groups is 1. The van der Waals surface area contributed by atoms with E-state index in [4.69, 9.17) is 5.11 Å². The number of aromatic nitrogens is 2.